The van der Waals surface area contributed by atoms with Crippen LogP contribution in [0.25, 0.3) is 5.70 Å². The maximum absolute atomic E-state index is 14.4. The molecule has 51 heavy (non-hydrogen) atoms. The summed E-state index contributed by atoms with van der Waals surface area (Å²) < 4.78 is 92.2. The molecule has 1 amide bonds. The Hall–Kier alpha value is -4.28. The van der Waals surface area contributed by atoms with Crippen molar-refractivity contribution >= 4 is 30.3 Å². The van der Waals surface area contributed by atoms with Crippen molar-refractivity contribution in [2.24, 2.45) is 10.9 Å². The number of halogens is 6. The van der Waals surface area contributed by atoms with Gasteiger partial charge in [-0.3, -0.25) is 0 Å². The second-order valence-corrected chi connectivity index (χ2v) is 12.8. The Morgan fingerprint density at radius 3 is 2.25 bits per heavy atom. The number of alkyl carbamates (subject to hydrolysis) is 1. The van der Waals surface area contributed by atoms with Crippen molar-refractivity contribution in [1.82, 2.24) is 10.2 Å². The number of carbonyl (C=O) groups excluding carboxylic acids is 1. The molecular formula is C37H47BF6N4O3. The van der Waals surface area contributed by atoms with E-state index in [1.165, 1.54) is 18.2 Å². The molecule has 2 aromatic carbocycles. The number of nitrogens with one attached hydrogen (secondary N) is 1. The number of likely N-dealkylation sites (tertiary alicyclic amines) is 1. The van der Waals surface area contributed by atoms with Crippen molar-refractivity contribution in [3.8, 4) is 6.26 Å². The van der Waals surface area contributed by atoms with Crippen LogP contribution in [0.4, 0.5) is 31.1 Å². The second kappa shape index (κ2) is 18.8. The summed E-state index contributed by atoms with van der Waals surface area (Å²) in [7, 11) is 1.12. The van der Waals surface area contributed by atoms with Crippen molar-refractivity contribution in [3.63, 3.8) is 0 Å². The normalized spacial score (nSPS) is 16.4. The fourth-order valence-corrected chi connectivity index (χ4v) is 5.54. The predicted octanol–water partition coefficient (Wildman–Crippen LogP) is 9.58. The Morgan fingerprint density at radius 2 is 1.73 bits per heavy atom. The van der Waals surface area contributed by atoms with Crippen molar-refractivity contribution < 1.29 is 40.5 Å². The first kappa shape index (κ1) is 42.9. The van der Waals surface area contributed by atoms with Gasteiger partial charge in [-0.25, -0.2) is 0 Å². The number of aliphatic imine (C=N–C) groups is 1. The molecular weight excluding hydrogens is 673 g/mol. The molecule has 2 atom stereocenters. The van der Waals surface area contributed by atoms with Crippen LogP contribution in [0.2, 0.25) is 0 Å². The Bertz CT molecular complexity index is 1590. The predicted molar refractivity (Wildman–Crippen MR) is 189 cm³/mol. The zero-order valence-electron chi connectivity index (χ0n) is 30.4. The van der Waals surface area contributed by atoms with Crippen LogP contribution in [0.1, 0.15) is 102 Å². The third kappa shape index (κ3) is 12.8. The van der Waals surface area contributed by atoms with Gasteiger partial charge in [0.15, 0.2) is 0 Å². The minimum absolute atomic E-state index is 0.0141. The molecule has 0 bridgehead atoms. The zero-order chi connectivity index (χ0) is 38.6. The number of hydrogen-bond donors (Lipinski definition) is 1. The number of nitrogens with zero attached hydrogens (tertiary/aromatic N) is 3. The van der Waals surface area contributed by atoms with Crippen LogP contribution < -0.4 is 5.32 Å². The summed E-state index contributed by atoms with van der Waals surface area (Å²) in [6.45, 7) is 15.2. The van der Waals surface area contributed by atoms with Gasteiger partial charge in [-0.1, -0.05) is 26.0 Å². The number of alkyl halides is 6. The van der Waals surface area contributed by atoms with Crippen LogP contribution in [-0.2, 0) is 34.6 Å². The Labute approximate surface area is 297 Å². The maximum atomic E-state index is 14.4. The molecule has 1 aliphatic heterocycles. The molecule has 14 heteroatoms. The first-order valence-electron chi connectivity index (χ1n) is 17.0. The van der Waals surface area contributed by atoms with E-state index in [1.807, 2.05) is 32.6 Å². The fraction of sp³-hybridized carbons (Fsp3) is 0.514. The average molecular weight is 721 g/mol. The van der Waals surface area contributed by atoms with Crippen molar-refractivity contribution in [1.29, 1.82) is 5.26 Å². The minimum Gasteiger partial charge on any atom is -0.0683 e. The quantitative estimate of drug-likeness (QED) is 0.108. The first-order chi connectivity index (χ1) is 23.9. The molecule has 0 aromatic heterocycles. The minimum atomic E-state index is -4.69. The molecule has 1 aliphatic rings. The topological polar surface area (TPSA) is 87.0 Å². The van der Waals surface area contributed by atoms with Crippen molar-refractivity contribution in [2.45, 2.75) is 111 Å². The van der Waals surface area contributed by atoms with E-state index in [2.05, 4.69) is 5.32 Å². The zero-order valence-corrected chi connectivity index (χ0v) is 30.4. The van der Waals surface area contributed by atoms with Gasteiger partial charge in [0, 0.05) is 0 Å². The van der Waals surface area contributed by atoms with E-state index < -0.39 is 35.2 Å². The van der Waals surface area contributed by atoms with E-state index in [-0.39, 0.29) is 41.6 Å². The maximum Gasteiger partial charge on any atom is -0.0683 e. The molecule has 0 saturated carbocycles. The summed E-state index contributed by atoms with van der Waals surface area (Å²) in [4.78, 5) is 19.5. The Kier molecular flexibility index (Phi) is 15.8. The van der Waals surface area contributed by atoms with Gasteiger partial charge in [-0.2, -0.15) is 13.2 Å². The number of amides is 1. The molecule has 0 aliphatic carbocycles. The summed E-state index contributed by atoms with van der Waals surface area (Å²) in [5.41, 5.74) is -0.523. The summed E-state index contributed by atoms with van der Waals surface area (Å²) >= 11 is 0. The van der Waals surface area contributed by atoms with Gasteiger partial charge in [0.05, 0.1) is 5.56 Å². The number of rotatable bonds is 11. The van der Waals surface area contributed by atoms with Gasteiger partial charge < -0.3 is 0 Å². The van der Waals surface area contributed by atoms with Crippen LogP contribution >= 0.6 is 0 Å². The van der Waals surface area contributed by atoms with Gasteiger partial charge in [0.1, 0.15) is 0 Å². The Morgan fingerprint density at radius 1 is 1.08 bits per heavy atom. The van der Waals surface area contributed by atoms with E-state index >= 15 is 0 Å². The van der Waals surface area contributed by atoms with Crippen LogP contribution in [0.5, 0.6) is 0 Å². The monoisotopic (exact) mass is 720 g/mol. The summed E-state index contributed by atoms with van der Waals surface area (Å²) in [5.74, 6) is -0.106. The van der Waals surface area contributed by atoms with E-state index in [1.54, 1.807) is 46.1 Å². The molecule has 2 unspecified atom stereocenters. The fourth-order valence-electron chi connectivity index (χ4n) is 5.54. The van der Waals surface area contributed by atoms with Gasteiger partial charge in [0.2, 0.25) is 0 Å². The molecule has 2 aromatic rings. The number of carbonyl (C=O) groups is 1. The van der Waals surface area contributed by atoms with Crippen LogP contribution in [0.15, 0.2) is 53.5 Å². The molecule has 278 valence electrons. The molecule has 1 N–H and O–H groups in total. The van der Waals surface area contributed by atoms with Gasteiger partial charge in [-0.15, -0.1) is 0 Å². The van der Waals surface area contributed by atoms with Gasteiger partial charge >= 0.3 is 235 Å². The average Bonchev–Trinajstić information content (AvgIpc) is 3.55. The van der Waals surface area contributed by atoms with Crippen LogP contribution in [0, 0.1) is 17.4 Å². The molecule has 3 rings (SSSR count). The third-order valence-corrected chi connectivity index (χ3v) is 8.07. The van der Waals surface area contributed by atoms with Gasteiger partial charge in [0.25, 0.3) is 0 Å². The van der Waals surface area contributed by atoms with E-state index in [4.69, 9.17) is 19.6 Å². The number of hydrogen-bond acceptors (Lipinski definition) is 6. The number of nitriles is 1. The number of ether oxygens (including phenoxy) is 1. The summed E-state index contributed by atoms with van der Waals surface area (Å²) in [6, 6.07) is 8.01. The Balaban J connectivity index is 0.00000442. The van der Waals surface area contributed by atoms with E-state index in [9.17, 15) is 31.1 Å². The molecule has 1 saturated heterocycles. The van der Waals surface area contributed by atoms with Crippen LogP contribution in [-0.4, -0.2) is 47.7 Å². The smallest absolute Gasteiger partial charge is 0.0683 e. The molecule has 7 nitrogen and oxygen atoms in total. The van der Waals surface area contributed by atoms with Crippen LogP contribution in [0.3, 0.4) is 0 Å². The molecule has 1 heterocycles. The van der Waals surface area contributed by atoms with Crippen molar-refractivity contribution in [2.75, 3.05) is 6.54 Å². The largest absolute Gasteiger partial charge is 0.0683 e. The van der Waals surface area contributed by atoms with Gasteiger partial charge in [-0.05, 0) is 17.7 Å². The van der Waals surface area contributed by atoms with E-state index in [0.29, 0.717) is 42.8 Å². The third-order valence-electron chi connectivity index (χ3n) is 8.07. The van der Waals surface area contributed by atoms with Crippen molar-refractivity contribution in [3.05, 3.63) is 76.4 Å². The number of allylic oxidation sites excluding steroid dienone is 1. The molecule has 0 spiro atoms. The summed E-state index contributed by atoms with van der Waals surface area (Å²) in [6.07, 6.45) is -4.66. The second-order valence-electron chi connectivity index (χ2n) is 12.8. The first-order valence-corrected chi connectivity index (χ1v) is 17.0. The number of aryl methyl sites for hydroxylation is 2. The summed E-state index contributed by atoms with van der Waals surface area (Å²) in [5, 5.41) is 11.7. The molecule has 1 fully saturated rings. The van der Waals surface area contributed by atoms with E-state index in [0.717, 1.165) is 25.3 Å². The standard InChI is InChI=1S/C35H41BF6N4O3.C2H6/c1-7-22(3)30(29-10-9-19-46(29)31(36-48-21-43)45-32(47)49-33(4,5)6)44-28(8-2)25-16-15-24(27(20-25)35(40,41)42)14-11-23-12-17-26(18-13-23)34(37,38)39;1-2/h8,12-13,15-18,20,22,29H,7,9-11,14,19H2,1-6H3,(H,45,47);1-2H3/b28-8-,44-30?;. The number of benzene rings is 2. The molecule has 0 radical (unpaired) electrons. The SMILES string of the molecule is C/C=C(\N=C(C(C)CC)C1CCCN1C(=BOC#N)NC(=O)OC(C)(C)C)c1ccc(CCc2ccc(C(F)(F)F)cc2)c(C(F)(F)F)c1.CC.